The molecule has 0 unspecified atom stereocenters. The van der Waals surface area contributed by atoms with Gasteiger partial charge in [0.25, 0.3) is 0 Å². The van der Waals surface area contributed by atoms with Crippen LogP contribution in [0.15, 0.2) is 0 Å². The Morgan fingerprint density at radius 3 is 1.14 bits per heavy atom. The fourth-order valence-electron chi connectivity index (χ4n) is 0.734. The zero-order valence-electron chi connectivity index (χ0n) is 8.96. The predicted octanol–water partition coefficient (Wildman–Crippen LogP) is 2.04. The summed E-state index contributed by atoms with van der Waals surface area (Å²) in [5.41, 5.74) is 0. The molecule has 0 amide bonds. The molecular weight excluding hydrogens is 231 g/mol. The smallest absolute Gasteiger partial charge is 0.161 e. The highest BCUT2D eigenvalue weighted by Gasteiger charge is 2.13. The Bertz CT molecular complexity index is 87.3. The number of hydrogen-bond donors (Lipinski definition) is 0. The molecule has 0 aliphatic carbocycles. The van der Waals surface area contributed by atoms with Crippen LogP contribution in [0.25, 0.3) is 0 Å². The summed E-state index contributed by atoms with van der Waals surface area (Å²) in [6.07, 6.45) is 0.0415. The van der Waals surface area contributed by atoms with Crippen molar-refractivity contribution in [1.82, 2.24) is 0 Å². The van der Waals surface area contributed by atoms with Gasteiger partial charge in [0.2, 0.25) is 0 Å². The number of alkyl halides is 2. The van der Waals surface area contributed by atoms with Crippen molar-refractivity contribution >= 4 is 23.2 Å². The first kappa shape index (κ1) is 16.8. The Morgan fingerprint density at radius 1 is 0.786 bits per heavy atom. The fraction of sp³-hybridized carbons (Fsp3) is 1.00. The lowest BCUT2D eigenvalue weighted by atomic mass is 10.4. The van der Waals surface area contributed by atoms with E-state index in [9.17, 15) is 0 Å². The van der Waals surface area contributed by atoms with Gasteiger partial charge in [-0.3, -0.25) is 0 Å². The standard InChI is InChI=1S/C7H16O4.CH2Cl2/c1-8-6(9-2)5-7(10-3)11-4;2-1-3/h6-7H,5H2,1-4H3;1H2. The summed E-state index contributed by atoms with van der Waals surface area (Å²) in [5, 5.41) is 0.194. The Balaban J connectivity index is 0. The maximum Gasteiger partial charge on any atom is 0.161 e. The van der Waals surface area contributed by atoms with Gasteiger partial charge in [-0.25, -0.2) is 0 Å². The van der Waals surface area contributed by atoms with E-state index in [4.69, 9.17) is 42.1 Å². The predicted molar refractivity (Wildman–Crippen MR) is 56.8 cm³/mol. The first-order valence-electron chi connectivity index (χ1n) is 3.93. The van der Waals surface area contributed by atoms with Crippen LogP contribution in [0.3, 0.4) is 0 Å². The molecule has 0 atom stereocenters. The third kappa shape index (κ3) is 10.5. The van der Waals surface area contributed by atoms with Gasteiger partial charge in [-0.2, -0.15) is 0 Å². The molecule has 0 saturated carbocycles. The molecule has 0 rings (SSSR count). The Morgan fingerprint density at radius 2 is 1.00 bits per heavy atom. The molecule has 0 aliphatic rings. The van der Waals surface area contributed by atoms with Crippen LogP contribution in [0.1, 0.15) is 6.42 Å². The van der Waals surface area contributed by atoms with E-state index in [0.717, 1.165) is 0 Å². The van der Waals surface area contributed by atoms with E-state index in [0.29, 0.717) is 6.42 Å². The van der Waals surface area contributed by atoms with E-state index in [1.165, 1.54) is 0 Å². The second-order valence-electron chi connectivity index (χ2n) is 2.14. The lowest BCUT2D eigenvalue weighted by molar-refractivity contribution is -0.178. The topological polar surface area (TPSA) is 36.9 Å². The number of halogens is 2. The molecular formula is C8H18Cl2O4. The first-order valence-corrected chi connectivity index (χ1v) is 5.00. The van der Waals surface area contributed by atoms with Crippen molar-refractivity contribution in [1.29, 1.82) is 0 Å². The normalized spacial score (nSPS) is 10.3. The SMILES string of the molecule is COC(CC(OC)OC)OC.ClCCl. The lowest BCUT2D eigenvalue weighted by Crippen LogP contribution is -2.24. The van der Waals surface area contributed by atoms with Gasteiger partial charge >= 0.3 is 0 Å². The van der Waals surface area contributed by atoms with Crippen LogP contribution in [0.2, 0.25) is 0 Å². The van der Waals surface area contributed by atoms with Gasteiger partial charge in [0.05, 0.1) is 5.34 Å². The van der Waals surface area contributed by atoms with Crippen LogP contribution in [-0.2, 0) is 18.9 Å². The average Bonchev–Trinajstić information content (AvgIpc) is 2.21. The summed E-state index contributed by atoms with van der Waals surface area (Å²) in [7, 11) is 6.32. The van der Waals surface area contributed by atoms with Crippen molar-refractivity contribution in [3.63, 3.8) is 0 Å². The van der Waals surface area contributed by atoms with Gasteiger partial charge in [0.1, 0.15) is 0 Å². The highest BCUT2D eigenvalue weighted by Crippen LogP contribution is 2.05. The van der Waals surface area contributed by atoms with Crippen LogP contribution in [0, 0.1) is 0 Å². The molecule has 0 aromatic carbocycles. The van der Waals surface area contributed by atoms with E-state index in [1.54, 1.807) is 28.4 Å². The molecule has 0 aromatic heterocycles. The van der Waals surface area contributed by atoms with E-state index in [2.05, 4.69) is 0 Å². The van der Waals surface area contributed by atoms with Gasteiger partial charge in [-0.05, 0) is 0 Å². The summed E-state index contributed by atoms with van der Waals surface area (Å²) < 4.78 is 19.8. The van der Waals surface area contributed by atoms with Crippen LogP contribution in [-0.4, -0.2) is 46.4 Å². The van der Waals surface area contributed by atoms with Gasteiger partial charge < -0.3 is 18.9 Å². The second kappa shape index (κ2) is 13.4. The molecule has 0 aromatic rings. The van der Waals surface area contributed by atoms with E-state index >= 15 is 0 Å². The molecule has 0 fully saturated rings. The molecule has 88 valence electrons. The van der Waals surface area contributed by atoms with Crippen LogP contribution in [0.5, 0.6) is 0 Å². The summed E-state index contributed by atoms with van der Waals surface area (Å²) in [6, 6.07) is 0. The lowest BCUT2D eigenvalue weighted by Gasteiger charge is -2.18. The van der Waals surface area contributed by atoms with Gasteiger partial charge in [0, 0.05) is 34.9 Å². The Hall–Kier alpha value is 0.420. The number of hydrogen-bond acceptors (Lipinski definition) is 4. The summed E-state index contributed by atoms with van der Waals surface area (Å²) in [5.74, 6) is 0. The van der Waals surface area contributed by atoms with Crippen LogP contribution in [0.4, 0.5) is 0 Å². The van der Waals surface area contributed by atoms with E-state index in [-0.39, 0.29) is 17.9 Å². The van der Waals surface area contributed by atoms with Crippen LogP contribution < -0.4 is 0 Å². The van der Waals surface area contributed by atoms with Gasteiger partial charge in [-0.15, -0.1) is 23.2 Å². The minimum atomic E-state index is -0.264. The molecule has 4 nitrogen and oxygen atoms in total. The van der Waals surface area contributed by atoms with Crippen molar-refractivity contribution in [3.8, 4) is 0 Å². The third-order valence-electron chi connectivity index (χ3n) is 1.44. The van der Waals surface area contributed by atoms with Gasteiger partial charge in [-0.1, -0.05) is 0 Å². The maximum absolute atomic E-state index is 4.95. The first-order chi connectivity index (χ1) is 6.69. The third-order valence-corrected chi connectivity index (χ3v) is 1.44. The largest absolute Gasteiger partial charge is 0.356 e. The zero-order valence-corrected chi connectivity index (χ0v) is 10.5. The van der Waals surface area contributed by atoms with Crippen molar-refractivity contribution in [2.75, 3.05) is 33.8 Å². The van der Waals surface area contributed by atoms with Crippen molar-refractivity contribution in [3.05, 3.63) is 0 Å². The quantitative estimate of drug-likeness (QED) is 0.533. The fourth-order valence-corrected chi connectivity index (χ4v) is 0.734. The Kier molecular flexibility index (Phi) is 16.1. The molecule has 0 heterocycles. The summed E-state index contributed by atoms with van der Waals surface area (Å²) in [6.45, 7) is 0. The number of rotatable bonds is 6. The van der Waals surface area contributed by atoms with Crippen molar-refractivity contribution in [2.45, 2.75) is 19.0 Å². The molecule has 6 heteroatoms. The number of ether oxygens (including phenoxy) is 4. The average molecular weight is 249 g/mol. The van der Waals surface area contributed by atoms with E-state index in [1.807, 2.05) is 0 Å². The molecule has 0 aliphatic heterocycles. The minimum absolute atomic E-state index is 0.194. The zero-order chi connectivity index (χ0) is 11.4. The number of methoxy groups -OCH3 is 4. The minimum Gasteiger partial charge on any atom is -0.356 e. The van der Waals surface area contributed by atoms with Crippen LogP contribution >= 0.6 is 23.2 Å². The molecule has 14 heavy (non-hydrogen) atoms. The molecule has 0 saturated heterocycles. The van der Waals surface area contributed by atoms with E-state index < -0.39 is 0 Å². The van der Waals surface area contributed by atoms with Gasteiger partial charge in [0.15, 0.2) is 12.6 Å². The molecule has 0 radical (unpaired) electrons. The second-order valence-corrected chi connectivity index (χ2v) is 2.95. The molecule has 0 bridgehead atoms. The van der Waals surface area contributed by atoms with Crippen molar-refractivity contribution in [2.24, 2.45) is 0 Å². The highest BCUT2D eigenvalue weighted by molar-refractivity contribution is 6.40. The molecule has 0 N–H and O–H groups in total. The summed E-state index contributed by atoms with van der Waals surface area (Å²) in [4.78, 5) is 0. The monoisotopic (exact) mass is 248 g/mol. The Labute approximate surface area is 95.4 Å². The maximum atomic E-state index is 4.95. The van der Waals surface area contributed by atoms with Crippen molar-refractivity contribution < 1.29 is 18.9 Å². The summed E-state index contributed by atoms with van der Waals surface area (Å²) >= 11 is 9.53. The molecule has 0 spiro atoms. The highest BCUT2D eigenvalue weighted by atomic mass is 35.5.